The topological polar surface area (TPSA) is 44.0 Å². The van der Waals surface area contributed by atoms with Crippen molar-refractivity contribution in [2.24, 2.45) is 7.05 Å². The van der Waals surface area contributed by atoms with Crippen molar-refractivity contribution in [1.29, 1.82) is 0 Å². The van der Waals surface area contributed by atoms with Gasteiger partial charge in [-0.05, 0) is 42.8 Å². The number of rotatable bonds is 2. The molecule has 23 heavy (non-hydrogen) atoms. The normalized spacial score (nSPS) is 12.5. The summed E-state index contributed by atoms with van der Waals surface area (Å²) in [6.45, 7) is 1.81. The fourth-order valence-corrected chi connectivity index (χ4v) is 2.97. The van der Waals surface area contributed by atoms with Crippen LogP contribution in [0.1, 0.15) is 18.5 Å². The Morgan fingerprint density at radius 3 is 2.22 bits per heavy atom. The molecule has 3 aromatic rings. The summed E-state index contributed by atoms with van der Waals surface area (Å²) in [6.07, 6.45) is 0. The van der Waals surface area contributed by atoms with Crippen LogP contribution in [0.4, 0.5) is 0 Å². The van der Waals surface area contributed by atoms with Crippen LogP contribution in [0.2, 0.25) is 10.0 Å². The smallest absolute Gasteiger partial charge is 0.296 e. The van der Waals surface area contributed by atoms with Crippen molar-refractivity contribution in [2.45, 2.75) is 13.0 Å². The Balaban J connectivity index is 2.30. The first-order valence-corrected chi connectivity index (χ1v) is 7.82. The van der Waals surface area contributed by atoms with Crippen LogP contribution < -0.4 is 11.2 Å². The van der Waals surface area contributed by atoms with E-state index in [-0.39, 0.29) is 11.2 Å². The van der Waals surface area contributed by atoms with Gasteiger partial charge in [0.2, 0.25) is 0 Å². The lowest BCUT2D eigenvalue weighted by molar-refractivity contribution is 0.561. The predicted molar refractivity (Wildman–Crippen MR) is 93.7 cm³/mol. The van der Waals surface area contributed by atoms with Gasteiger partial charge < -0.3 is 0 Å². The van der Waals surface area contributed by atoms with Gasteiger partial charge in [0.15, 0.2) is 0 Å². The highest BCUT2D eigenvalue weighted by atomic mass is 35.5. The van der Waals surface area contributed by atoms with Gasteiger partial charge in [-0.25, -0.2) is 4.79 Å². The van der Waals surface area contributed by atoms with Gasteiger partial charge >= 0.3 is 5.69 Å². The molecule has 2 aromatic carbocycles. The molecule has 0 bridgehead atoms. The summed E-state index contributed by atoms with van der Waals surface area (Å²) < 4.78 is 2.69. The van der Waals surface area contributed by atoms with Crippen LogP contribution in [-0.2, 0) is 7.05 Å². The molecule has 0 N–H and O–H groups in total. The molecule has 1 heterocycles. The second-order valence-corrected chi connectivity index (χ2v) is 6.28. The van der Waals surface area contributed by atoms with E-state index in [2.05, 4.69) is 0 Å². The lowest BCUT2D eigenvalue weighted by atomic mass is 10.1. The van der Waals surface area contributed by atoms with E-state index in [1.54, 1.807) is 37.4 Å². The summed E-state index contributed by atoms with van der Waals surface area (Å²) in [5.74, 6) is 0. The average Bonchev–Trinajstić information content (AvgIpc) is 2.53. The third-order valence-corrected chi connectivity index (χ3v) is 4.49. The number of hydrogen-bond donors (Lipinski definition) is 0. The molecule has 4 nitrogen and oxygen atoms in total. The molecule has 0 aliphatic rings. The zero-order valence-corrected chi connectivity index (χ0v) is 14.1. The molecule has 118 valence electrons. The van der Waals surface area contributed by atoms with Crippen LogP contribution in [0.5, 0.6) is 0 Å². The molecule has 1 atom stereocenters. The number of nitrogens with zero attached hydrogens (tertiary/aromatic N) is 2. The molecule has 0 saturated heterocycles. The van der Waals surface area contributed by atoms with E-state index in [4.69, 9.17) is 23.2 Å². The van der Waals surface area contributed by atoms with E-state index in [1.165, 1.54) is 9.13 Å². The number of aryl methyl sites for hydroxylation is 1. The standard InChI is InChI=1S/C17H14Cl2N2O2/c1-10(11-3-5-12(18)6-4-11)21-16(22)14-8-7-13(19)9-15(14)20(2)17(21)23/h3-10H,1-2H3/t10-/m1/s1. The van der Waals surface area contributed by atoms with Gasteiger partial charge in [-0.2, -0.15) is 0 Å². The summed E-state index contributed by atoms with van der Waals surface area (Å²) in [5, 5.41) is 1.54. The number of halogens is 2. The van der Waals surface area contributed by atoms with Crippen LogP contribution in [0.3, 0.4) is 0 Å². The van der Waals surface area contributed by atoms with Gasteiger partial charge in [0, 0.05) is 17.1 Å². The molecule has 0 unspecified atom stereocenters. The fourth-order valence-electron chi connectivity index (χ4n) is 2.68. The number of fused-ring (bicyclic) bond motifs is 1. The molecule has 0 amide bonds. The predicted octanol–water partition coefficient (Wildman–Crippen LogP) is 3.62. The zero-order chi connectivity index (χ0) is 16.7. The second-order valence-electron chi connectivity index (χ2n) is 5.41. The molecule has 0 aliphatic heterocycles. The highest BCUT2D eigenvalue weighted by Crippen LogP contribution is 2.20. The quantitative estimate of drug-likeness (QED) is 0.709. The Labute approximate surface area is 142 Å². The maximum absolute atomic E-state index is 12.8. The SMILES string of the molecule is C[C@H](c1ccc(Cl)cc1)n1c(=O)c2ccc(Cl)cc2n(C)c1=O. The number of hydrogen-bond acceptors (Lipinski definition) is 2. The number of aromatic nitrogens is 2. The first-order chi connectivity index (χ1) is 10.9. The van der Waals surface area contributed by atoms with Crippen molar-refractivity contribution in [3.05, 3.63) is 78.9 Å². The Kier molecular flexibility index (Phi) is 4.04. The van der Waals surface area contributed by atoms with Crippen molar-refractivity contribution in [3.8, 4) is 0 Å². The average molecular weight is 349 g/mol. The van der Waals surface area contributed by atoms with E-state index < -0.39 is 6.04 Å². The van der Waals surface area contributed by atoms with Gasteiger partial charge in [-0.3, -0.25) is 13.9 Å². The lowest BCUT2D eigenvalue weighted by Crippen LogP contribution is -2.41. The zero-order valence-electron chi connectivity index (χ0n) is 12.6. The van der Waals surface area contributed by atoms with E-state index in [0.717, 1.165) is 5.56 Å². The molecular weight excluding hydrogens is 335 g/mol. The highest BCUT2D eigenvalue weighted by Gasteiger charge is 2.17. The first-order valence-electron chi connectivity index (χ1n) is 7.06. The van der Waals surface area contributed by atoms with Crippen molar-refractivity contribution >= 4 is 34.1 Å². The van der Waals surface area contributed by atoms with Crippen molar-refractivity contribution in [2.75, 3.05) is 0 Å². The summed E-state index contributed by atoms with van der Waals surface area (Å²) in [5.41, 5.74) is 0.642. The third kappa shape index (κ3) is 2.69. The monoisotopic (exact) mass is 348 g/mol. The lowest BCUT2D eigenvalue weighted by Gasteiger charge is -2.17. The van der Waals surface area contributed by atoms with Crippen molar-refractivity contribution < 1.29 is 0 Å². The van der Waals surface area contributed by atoms with Gasteiger partial charge in [0.25, 0.3) is 5.56 Å². The van der Waals surface area contributed by atoms with Crippen molar-refractivity contribution in [3.63, 3.8) is 0 Å². The van der Waals surface area contributed by atoms with Gasteiger partial charge in [-0.1, -0.05) is 35.3 Å². The summed E-state index contributed by atoms with van der Waals surface area (Å²) >= 11 is 11.9. The molecule has 1 aromatic heterocycles. The molecule has 0 radical (unpaired) electrons. The van der Waals surface area contributed by atoms with E-state index >= 15 is 0 Å². The van der Waals surface area contributed by atoms with E-state index in [9.17, 15) is 9.59 Å². The summed E-state index contributed by atoms with van der Waals surface area (Å²) in [7, 11) is 1.63. The molecule has 0 spiro atoms. The van der Waals surface area contributed by atoms with E-state index in [1.807, 2.05) is 19.1 Å². The van der Waals surface area contributed by atoms with E-state index in [0.29, 0.717) is 20.9 Å². The van der Waals surface area contributed by atoms with Crippen LogP contribution >= 0.6 is 23.2 Å². The minimum atomic E-state index is -0.404. The molecule has 6 heteroatoms. The van der Waals surface area contributed by atoms with Gasteiger partial charge in [0.05, 0.1) is 16.9 Å². The Morgan fingerprint density at radius 1 is 0.957 bits per heavy atom. The fraction of sp³-hybridized carbons (Fsp3) is 0.176. The summed E-state index contributed by atoms with van der Waals surface area (Å²) in [4.78, 5) is 25.4. The third-order valence-electron chi connectivity index (χ3n) is 4.00. The van der Waals surface area contributed by atoms with Gasteiger partial charge in [0.1, 0.15) is 0 Å². The maximum atomic E-state index is 12.8. The minimum Gasteiger partial charge on any atom is -0.296 e. The van der Waals surface area contributed by atoms with Gasteiger partial charge in [-0.15, -0.1) is 0 Å². The van der Waals surface area contributed by atoms with Crippen LogP contribution in [0.15, 0.2) is 52.1 Å². The van der Waals surface area contributed by atoms with Crippen LogP contribution in [0, 0.1) is 0 Å². The Bertz CT molecular complexity index is 1000. The minimum absolute atomic E-state index is 0.331. The second kappa shape index (κ2) is 5.87. The largest absolute Gasteiger partial charge is 0.331 e. The Hall–Kier alpha value is -2.04. The molecule has 3 rings (SSSR count). The molecule has 0 fully saturated rings. The highest BCUT2D eigenvalue weighted by molar-refractivity contribution is 6.31. The summed E-state index contributed by atoms with van der Waals surface area (Å²) in [6, 6.07) is 11.6. The van der Waals surface area contributed by atoms with Crippen LogP contribution in [0.25, 0.3) is 10.9 Å². The Morgan fingerprint density at radius 2 is 1.57 bits per heavy atom. The van der Waals surface area contributed by atoms with Crippen LogP contribution in [-0.4, -0.2) is 9.13 Å². The maximum Gasteiger partial charge on any atom is 0.331 e. The first kappa shape index (κ1) is 15.8. The molecule has 0 aliphatic carbocycles. The molecule has 0 saturated carbocycles. The number of benzene rings is 2. The van der Waals surface area contributed by atoms with Crippen molar-refractivity contribution in [1.82, 2.24) is 9.13 Å². The molecular formula is C17H14Cl2N2O2.